The molecule has 152 valence electrons. The van der Waals surface area contributed by atoms with Crippen LogP contribution in [0.3, 0.4) is 0 Å². The van der Waals surface area contributed by atoms with E-state index in [1.54, 1.807) is 0 Å². The first-order valence-electron chi connectivity index (χ1n) is 10.1. The normalized spacial score (nSPS) is 22.8. The molecule has 0 saturated carbocycles. The van der Waals surface area contributed by atoms with E-state index in [0.29, 0.717) is 12.5 Å². The van der Waals surface area contributed by atoms with Gasteiger partial charge in [-0.3, -0.25) is 4.90 Å². The lowest BCUT2D eigenvalue weighted by Crippen LogP contribution is -2.53. The van der Waals surface area contributed by atoms with Crippen molar-refractivity contribution in [3.8, 4) is 0 Å². The monoisotopic (exact) mass is 387 g/mol. The van der Waals surface area contributed by atoms with Crippen LogP contribution in [-0.2, 0) is 9.47 Å². The number of hydrogen-bond donors (Lipinski definition) is 2. The number of nitrogens with zero attached hydrogens (tertiary/aromatic N) is 1. The van der Waals surface area contributed by atoms with Crippen LogP contribution in [0.1, 0.15) is 25.1 Å². The van der Waals surface area contributed by atoms with Crippen molar-refractivity contribution in [2.75, 3.05) is 46.1 Å². The van der Waals surface area contributed by atoms with E-state index in [1.807, 2.05) is 37.3 Å². The second-order valence-electron chi connectivity index (χ2n) is 7.60. The van der Waals surface area contributed by atoms with Gasteiger partial charge in [0.1, 0.15) is 11.3 Å². The molecular formula is C21H29N3O4. The van der Waals surface area contributed by atoms with Crippen LogP contribution in [0.15, 0.2) is 34.7 Å². The number of fused-ring (bicyclic) bond motifs is 1. The summed E-state index contributed by atoms with van der Waals surface area (Å²) < 4.78 is 16.9. The Kier molecular flexibility index (Phi) is 6.14. The molecule has 7 heteroatoms. The maximum Gasteiger partial charge on any atom is 0.315 e. The van der Waals surface area contributed by atoms with Gasteiger partial charge in [-0.15, -0.1) is 0 Å². The topological polar surface area (TPSA) is 76.0 Å². The van der Waals surface area contributed by atoms with Crippen molar-refractivity contribution in [3.05, 3.63) is 36.1 Å². The van der Waals surface area contributed by atoms with Gasteiger partial charge in [-0.05, 0) is 25.5 Å². The molecule has 2 aliphatic heterocycles. The molecule has 0 spiro atoms. The predicted octanol–water partition coefficient (Wildman–Crippen LogP) is 2.53. The number of furan rings is 1. The molecule has 2 aliphatic rings. The lowest BCUT2D eigenvalue weighted by molar-refractivity contribution is 0.00211. The summed E-state index contributed by atoms with van der Waals surface area (Å²) in [5.74, 6) is 1.21. The minimum absolute atomic E-state index is 0.176. The number of carbonyl (C=O) groups is 1. The number of amides is 2. The van der Waals surface area contributed by atoms with Crippen LogP contribution >= 0.6 is 0 Å². The summed E-state index contributed by atoms with van der Waals surface area (Å²) in [5.41, 5.74) is 0.833. The van der Waals surface area contributed by atoms with E-state index in [1.165, 1.54) is 0 Å². The number of morpholine rings is 1. The lowest BCUT2D eigenvalue weighted by atomic mass is 9.97. The molecule has 2 saturated heterocycles. The molecule has 3 heterocycles. The molecule has 0 aliphatic carbocycles. The summed E-state index contributed by atoms with van der Waals surface area (Å²) in [6.45, 7) is 7.41. The van der Waals surface area contributed by atoms with Crippen LogP contribution in [0.5, 0.6) is 0 Å². The maximum absolute atomic E-state index is 12.5. The highest BCUT2D eigenvalue weighted by molar-refractivity contribution is 5.78. The third-order valence-corrected chi connectivity index (χ3v) is 5.71. The summed E-state index contributed by atoms with van der Waals surface area (Å²) in [5, 5.41) is 7.09. The number of benzene rings is 1. The van der Waals surface area contributed by atoms with E-state index >= 15 is 0 Å². The lowest BCUT2D eigenvalue weighted by Gasteiger charge is -2.37. The molecule has 4 rings (SSSR count). The minimum atomic E-state index is -0.205. The van der Waals surface area contributed by atoms with Crippen LogP contribution in [0.4, 0.5) is 4.79 Å². The first-order valence-corrected chi connectivity index (χ1v) is 10.1. The zero-order valence-corrected chi connectivity index (χ0v) is 16.4. The zero-order valence-electron chi connectivity index (χ0n) is 16.4. The highest BCUT2D eigenvalue weighted by Crippen LogP contribution is 2.24. The van der Waals surface area contributed by atoms with E-state index < -0.39 is 0 Å². The third-order valence-electron chi connectivity index (χ3n) is 5.71. The number of carbonyl (C=O) groups excluding carboxylic acids is 1. The van der Waals surface area contributed by atoms with Gasteiger partial charge in [-0.25, -0.2) is 4.79 Å². The SMILES string of the molecule is C[C@H](NC(=O)NC[C@H]([C@H]1CCOC1)N1CCOCC1)c1cc2ccccc2o1. The number of nitrogens with one attached hydrogen (secondary N) is 2. The summed E-state index contributed by atoms with van der Waals surface area (Å²) in [6, 6.07) is 9.73. The average Bonchev–Trinajstić information content (AvgIpc) is 3.39. The van der Waals surface area contributed by atoms with Crippen molar-refractivity contribution < 1.29 is 18.7 Å². The predicted molar refractivity (Wildman–Crippen MR) is 106 cm³/mol. The molecule has 1 aromatic carbocycles. The highest BCUT2D eigenvalue weighted by Gasteiger charge is 2.31. The quantitative estimate of drug-likeness (QED) is 0.797. The van der Waals surface area contributed by atoms with E-state index in [-0.39, 0.29) is 18.1 Å². The van der Waals surface area contributed by atoms with Gasteiger partial charge in [0.2, 0.25) is 0 Å². The molecule has 0 unspecified atom stereocenters. The number of rotatable bonds is 6. The average molecular weight is 387 g/mol. The Morgan fingerprint density at radius 2 is 2.04 bits per heavy atom. The van der Waals surface area contributed by atoms with Crippen LogP contribution in [0.2, 0.25) is 0 Å². The first kappa shape index (κ1) is 19.2. The van der Waals surface area contributed by atoms with Crippen molar-refractivity contribution >= 4 is 17.0 Å². The van der Waals surface area contributed by atoms with Crippen LogP contribution in [0.25, 0.3) is 11.0 Å². The summed E-state index contributed by atoms with van der Waals surface area (Å²) >= 11 is 0. The molecule has 3 atom stereocenters. The maximum atomic E-state index is 12.5. The summed E-state index contributed by atoms with van der Waals surface area (Å²) in [7, 11) is 0. The number of hydrogen-bond acceptors (Lipinski definition) is 5. The van der Waals surface area contributed by atoms with Crippen molar-refractivity contribution in [1.29, 1.82) is 0 Å². The zero-order chi connectivity index (χ0) is 19.3. The molecular weight excluding hydrogens is 358 g/mol. The van der Waals surface area contributed by atoms with Crippen molar-refractivity contribution in [3.63, 3.8) is 0 Å². The van der Waals surface area contributed by atoms with Gasteiger partial charge in [0, 0.05) is 43.6 Å². The second kappa shape index (κ2) is 8.94. The van der Waals surface area contributed by atoms with Gasteiger partial charge in [-0.1, -0.05) is 18.2 Å². The van der Waals surface area contributed by atoms with Gasteiger partial charge < -0.3 is 24.5 Å². The Labute approximate surface area is 165 Å². The Bertz CT molecular complexity index is 748. The molecule has 0 radical (unpaired) electrons. The molecule has 2 aromatic rings. The van der Waals surface area contributed by atoms with Crippen LogP contribution in [0, 0.1) is 5.92 Å². The van der Waals surface area contributed by atoms with Crippen molar-refractivity contribution in [2.24, 2.45) is 5.92 Å². The summed E-state index contributed by atoms with van der Waals surface area (Å²) in [6.07, 6.45) is 1.04. The van der Waals surface area contributed by atoms with Gasteiger partial charge in [0.25, 0.3) is 0 Å². The van der Waals surface area contributed by atoms with Crippen LogP contribution < -0.4 is 10.6 Å². The van der Waals surface area contributed by atoms with Gasteiger partial charge in [-0.2, -0.15) is 0 Å². The number of urea groups is 1. The van der Waals surface area contributed by atoms with Crippen molar-refractivity contribution in [1.82, 2.24) is 15.5 Å². The highest BCUT2D eigenvalue weighted by atomic mass is 16.5. The van der Waals surface area contributed by atoms with Crippen LogP contribution in [-0.4, -0.2) is 63.0 Å². The largest absolute Gasteiger partial charge is 0.459 e. The second-order valence-corrected chi connectivity index (χ2v) is 7.60. The number of ether oxygens (including phenoxy) is 2. The fourth-order valence-corrected chi connectivity index (χ4v) is 4.09. The van der Waals surface area contributed by atoms with Gasteiger partial charge >= 0.3 is 6.03 Å². The molecule has 1 aromatic heterocycles. The van der Waals surface area contributed by atoms with Crippen molar-refractivity contribution in [2.45, 2.75) is 25.4 Å². The molecule has 2 fully saturated rings. The van der Waals surface area contributed by atoms with E-state index in [9.17, 15) is 4.79 Å². The molecule has 2 N–H and O–H groups in total. The van der Waals surface area contributed by atoms with Gasteiger partial charge in [0.15, 0.2) is 0 Å². The van der Waals surface area contributed by atoms with E-state index in [0.717, 1.165) is 62.7 Å². The fourth-order valence-electron chi connectivity index (χ4n) is 4.09. The Morgan fingerprint density at radius 1 is 1.21 bits per heavy atom. The van der Waals surface area contributed by atoms with E-state index in [4.69, 9.17) is 13.9 Å². The smallest absolute Gasteiger partial charge is 0.315 e. The molecule has 7 nitrogen and oxygen atoms in total. The first-order chi connectivity index (χ1) is 13.7. The van der Waals surface area contributed by atoms with E-state index in [2.05, 4.69) is 15.5 Å². The number of para-hydroxylation sites is 1. The standard InChI is InChI=1S/C21H29N3O4/c1-15(20-12-16-4-2-3-5-19(16)28-20)23-21(25)22-13-18(17-6-9-27-14-17)24-7-10-26-11-8-24/h2-5,12,15,17-18H,6-11,13-14H2,1H3,(H2,22,23,25)/t15-,17-,18+/m0/s1. The molecule has 28 heavy (non-hydrogen) atoms. The minimum Gasteiger partial charge on any atom is -0.459 e. The third kappa shape index (κ3) is 4.48. The molecule has 2 amide bonds. The Balaban J connectivity index is 1.33. The Hall–Kier alpha value is -2.09. The summed E-state index contributed by atoms with van der Waals surface area (Å²) in [4.78, 5) is 14.9. The Morgan fingerprint density at radius 3 is 2.79 bits per heavy atom. The fraction of sp³-hybridized carbons (Fsp3) is 0.571. The van der Waals surface area contributed by atoms with Gasteiger partial charge in [0.05, 0.1) is 25.9 Å². The molecule has 0 bridgehead atoms.